The monoisotopic (exact) mass is 258 g/mol. The summed E-state index contributed by atoms with van der Waals surface area (Å²) < 4.78 is 4.25. The summed E-state index contributed by atoms with van der Waals surface area (Å²) in [5, 5.41) is 0. The second kappa shape index (κ2) is 4.27. The maximum atomic E-state index is 11.6. The first-order valence-corrected chi connectivity index (χ1v) is 5.97. The van der Waals surface area contributed by atoms with Crippen LogP contribution >= 0.6 is 23.2 Å². The van der Waals surface area contributed by atoms with Crippen molar-refractivity contribution in [3.05, 3.63) is 29.8 Å². The smallest absolute Gasteiger partial charge is 0.317 e. The zero-order valence-corrected chi connectivity index (χ0v) is 10.4. The Balaban J connectivity index is 1.96. The highest BCUT2D eigenvalue weighted by molar-refractivity contribution is 6.52. The molecule has 86 valence electrons. The Morgan fingerprint density at radius 3 is 2.44 bits per heavy atom. The van der Waals surface area contributed by atoms with Crippen LogP contribution in [0.25, 0.3) is 0 Å². The molecule has 1 aromatic carbocycles. The lowest BCUT2D eigenvalue weighted by Crippen LogP contribution is -2.13. The predicted octanol–water partition coefficient (Wildman–Crippen LogP) is 3.35. The van der Waals surface area contributed by atoms with Gasteiger partial charge in [0.25, 0.3) is 0 Å². The van der Waals surface area contributed by atoms with Crippen molar-refractivity contribution in [1.29, 1.82) is 0 Å². The standard InChI is InChI=1S/C12H12Cl2O2/c1-2-8-3-5-9(6-4-8)16-11(15)10-7-12(10,13)14/h3-6,10H,2,7H2,1H3. The Kier molecular flexibility index (Phi) is 3.13. The number of esters is 1. The topological polar surface area (TPSA) is 26.3 Å². The second-order valence-corrected chi connectivity index (χ2v) is 5.48. The molecule has 1 atom stereocenters. The largest absolute Gasteiger partial charge is 0.426 e. The van der Waals surface area contributed by atoms with Gasteiger partial charge in [0.2, 0.25) is 0 Å². The molecule has 0 aromatic heterocycles. The van der Waals surface area contributed by atoms with E-state index in [0.29, 0.717) is 12.2 Å². The first-order chi connectivity index (χ1) is 7.53. The van der Waals surface area contributed by atoms with Gasteiger partial charge >= 0.3 is 5.97 Å². The van der Waals surface area contributed by atoms with Gasteiger partial charge < -0.3 is 4.74 Å². The van der Waals surface area contributed by atoms with E-state index < -0.39 is 4.33 Å². The molecule has 0 aliphatic heterocycles. The first-order valence-electron chi connectivity index (χ1n) is 5.21. The Bertz CT molecular complexity index is 398. The number of carbonyl (C=O) groups excluding carboxylic acids is 1. The molecule has 0 N–H and O–H groups in total. The summed E-state index contributed by atoms with van der Waals surface area (Å²) in [6.07, 6.45) is 1.44. The van der Waals surface area contributed by atoms with E-state index in [1.54, 1.807) is 12.1 Å². The number of benzene rings is 1. The van der Waals surface area contributed by atoms with Crippen LogP contribution in [0.5, 0.6) is 5.75 Å². The molecule has 0 bridgehead atoms. The van der Waals surface area contributed by atoms with Gasteiger partial charge in [-0.3, -0.25) is 4.79 Å². The molecule has 1 aliphatic carbocycles. The van der Waals surface area contributed by atoms with Gasteiger partial charge in [-0.15, -0.1) is 23.2 Å². The fourth-order valence-corrected chi connectivity index (χ4v) is 1.94. The van der Waals surface area contributed by atoms with Gasteiger partial charge in [0, 0.05) is 0 Å². The van der Waals surface area contributed by atoms with Gasteiger partial charge in [-0.1, -0.05) is 19.1 Å². The van der Waals surface area contributed by atoms with Crippen LogP contribution in [0, 0.1) is 5.92 Å². The van der Waals surface area contributed by atoms with E-state index in [0.717, 1.165) is 6.42 Å². The zero-order valence-electron chi connectivity index (χ0n) is 8.87. The minimum Gasteiger partial charge on any atom is -0.426 e. The molecule has 0 spiro atoms. The number of rotatable bonds is 3. The third-order valence-corrected chi connectivity index (χ3v) is 3.50. The van der Waals surface area contributed by atoms with Crippen molar-refractivity contribution in [1.82, 2.24) is 0 Å². The van der Waals surface area contributed by atoms with Crippen LogP contribution in [0.4, 0.5) is 0 Å². The van der Waals surface area contributed by atoms with Crippen molar-refractivity contribution >= 4 is 29.2 Å². The normalized spacial score (nSPS) is 21.6. The Hall–Kier alpha value is -0.730. The van der Waals surface area contributed by atoms with E-state index in [1.165, 1.54) is 5.56 Å². The van der Waals surface area contributed by atoms with E-state index in [-0.39, 0.29) is 11.9 Å². The number of hydrogen-bond acceptors (Lipinski definition) is 2. The quantitative estimate of drug-likeness (QED) is 0.472. The van der Waals surface area contributed by atoms with Gasteiger partial charge in [0.05, 0.1) is 5.92 Å². The summed E-state index contributed by atoms with van der Waals surface area (Å²) >= 11 is 11.6. The molecular weight excluding hydrogens is 247 g/mol. The van der Waals surface area contributed by atoms with Gasteiger partial charge in [-0.05, 0) is 30.5 Å². The molecule has 0 radical (unpaired) electrons. The molecule has 0 amide bonds. The van der Waals surface area contributed by atoms with Gasteiger partial charge in [0.15, 0.2) is 0 Å². The molecule has 0 saturated heterocycles. The maximum absolute atomic E-state index is 11.6. The maximum Gasteiger partial charge on any atom is 0.317 e. The lowest BCUT2D eigenvalue weighted by Gasteiger charge is -2.04. The molecule has 1 saturated carbocycles. The number of ether oxygens (including phenoxy) is 1. The summed E-state index contributed by atoms with van der Waals surface area (Å²) in [7, 11) is 0. The minimum atomic E-state index is -0.916. The number of halogens is 2. The van der Waals surface area contributed by atoms with Gasteiger partial charge in [0.1, 0.15) is 10.1 Å². The highest BCUT2D eigenvalue weighted by atomic mass is 35.5. The van der Waals surface area contributed by atoms with E-state index in [2.05, 4.69) is 6.92 Å². The number of aryl methyl sites for hydroxylation is 1. The molecule has 1 aliphatic rings. The molecule has 4 heteroatoms. The summed E-state index contributed by atoms with van der Waals surface area (Å²) in [6, 6.07) is 7.43. The second-order valence-electron chi connectivity index (χ2n) is 3.94. The van der Waals surface area contributed by atoms with Crippen LogP contribution in [0.2, 0.25) is 0 Å². The summed E-state index contributed by atoms with van der Waals surface area (Å²) in [5.74, 6) is -0.200. The van der Waals surface area contributed by atoms with Crippen LogP contribution in [0.1, 0.15) is 18.9 Å². The summed E-state index contributed by atoms with van der Waals surface area (Å²) in [4.78, 5) is 11.6. The predicted molar refractivity (Wildman–Crippen MR) is 64.0 cm³/mol. The van der Waals surface area contributed by atoms with Crippen LogP contribution in [0.15, 0.2) is 24.3 Å². The third kappa shape index (κ3) is 2.50. The van der Waals surface area contributed by atoms with E-state index >= 15 is 0 Å². The Morgan fingerprint density at radius 2 is 2.00 bits per heavy atom. The highest BCUT2D eigenvalue weighted by Gasteiger charge is 2.57. The molecule has 1 aromatic rings. The highest BCUT2D eigenvalue weighted by Crippen LogP contribution is 2.53. The van der Waals surface area contributed by atoms with Crippen LogP contribution in [-0.2, 0) is 11.2 Å². The molecule has 1 fully saturated rings. The van der Waals surface area contributed by atoms with Crippen LogP contribution < -0.4 is 4.74 Å². The van der Waals surface area contributed by atoms with Crippen molar-refractivity contribution < 1.29 is 9.53 Å². The van der Waals surface area contributed by atoms with Crippen molar-refractivity contribution in [2.75, 3.05) is 0 Å². The number of alkyl halides is 2. The third-order valence-electron chi connectivity index (χ3n) is 2.66. The summed E-state index contributed by atoms with van der Waals surface area (Å²) in [5.41, 5.74) is 1.20. The summed E-state index contributed by atoms with van der Waals surface area (Å²) in [6.45, 7) is 2.07. The molecule has 2 rings (SSSR count). The Labute approximate surface area is 104 Å². The first kappa shape index (κ1) is 11.7. The molecule has 2 nitrogen and oxygen atoms in total. The molecule has 0 heterocycles. The lowest BCUT2D eigenvalue weighted by atomic mass is 10.2. The number of carbonyl (C=O) groups is 1. The van der Waals surface area contributed by atoms with Crippen LogP contribution in [0.3, 0.4) is 0 Å². The van der Waals surface area contributed by atoms with Crippen molar-refractivity contribution in [3.63, 3.8) is 0 Å². The Morgan fingerprint density at radius 1 is 1.44 bits per heavy atom. The van der Waals surface area contributed by atoms with E-state index in [1.807, 2.05) is 12.1 Å². The van der Waals surface area contributed by atoms with Crippen molar-refractivity contribution in [3.8, 4) is 5.75 Å². The number of hydrogen-bond donors (Lipinski definition) is 0. The van der Waals surface area contributed by atoms with E-state index in [4.69, 9.17) is 27.9 Å². The molecule has 1 unspecified atom stereocenters. The van der Waals surface area contributed by atoms with E-state index in [9.17, 15) is 4.79 Å². The van der Waals surface area contributed by atoms with Gasteiger partial charge in [-0.2, -0.15) is 0 Å². The fourth-order valence-electron chi connectivity index (χ4n) is 1.45. The van der Waals surface area contributed by atoms with Gasteiger partial charge in [-0.25, -0.2) is 0 Å². The molecule has 16 heavy (non-hydrogen) atoms. The average Bonchev–Trinajstić information content (AvgIpc) is 2.89. The van der Waals surface area contributed by atoms with Crippen LogP contribution in [-0.4, -0.2) is 10.3 Å². The van der Waals surface area contributed by atoms with Crippen molar-refractivity contribution in [2.45, 2.75) is 24.1 Å². The average molecular weight is 259 g/mol. The SMILES string of the molecule is CCc1ccc(OC(=O)C2CC2(Cl)Cl)cc1. The zero-order chi connectivity index (χ0) is 11.8. The molecular formula is C12H12Cl2O2. The lowest BCUT2D eigenvalue weighted by molar-refractivity contribution is -0.135. The van der Waals surface area contributed by atoms with Crippen molar-refractivity contribution in [2.24, 2.45) is 5.92 Å². The fraction of sp³-hybridized carbons (Fsp3) is 0.417. The minimum absolute atomic E-state index is 0.353.